The van der Waals surface area contributed by atoms with Crippen molar-refractivity contribution in [2.45, 2.75) is 31.7 Å². The molecule has 6 nitrogen and oxygen atoms in total. The molecule has 0 unspecified atom stereocenters. The van der Waals surface area contributed by atoms with Gasteiger partial charge in [0, 0.05) is 18.9 Å². The molecule has 3 N–H and O–H groups in total. The van der Waals surface area contributed by atoms with Gasteiger partial charge < -0.3 is 11.1 Å². The first-order valence-electron chi connectivity index (χ1n) is 6.54. The Morgan fingerprint density at radius 3 is 2.40 bits per heavy atom. The lowest BCUT2D eigenvalue weighted by molar-refractivity contribution is 0.975. The maximum atomic E-state index is 5.54. The molecule has 2 aromatic rings. The molecule has 0 spiro atoms. The van der Waals surface area contributed by atoms with Crippen LogP contribution >= 0.6 is 34.4 Å². The third kappa shape index (κ3) is 4.29. The molecule has 1 aliphatic rings. The predicted molar refractivity (Wildman–Crippen MR) is 85.6 cm³/mol. The monoisotopic (exact) mass is 328 g/mol. The number of anilines is 2. The number of aryl methyl sites for hydroxylation is 2. The van der Waals surface area contributed by atoms with Gasteiger partial charge in [-0.25, -0.2) is 0 Å². The normalized spacial score (nSPS) is 14.6. The van der Waals surface area contributed by atoms with Gasteiger partial charge in [0.2, 0.25) is 10.3 Å². The Hall–Kier alpha value is -0.930. The van der Waals surface area contributed by atoms with E-state index in [1.165, 1.54) is 24.2 Å². The van der Waals surface area contributed by atoms with Crippen molar-refractivity contribution < 1.29 is 0 Å². The van der Waals surface area contributed by atoms with Gasteiger partial charge in [0.05, 0.1) is 0 Å². The predicted octanol–water partition coefficient (Wildman–Crippen LogP) is 2.06. The van der Waals surface area contributed by atoms with Crippen LogP contribution in [0.2, 0.25) is 0 Å². The Labute approximate surface area is 129 Å². The van der Waals surface area contributed by atoms with Gasteiger partial charge in [0.15, 0.2) is 0 Å². The zero-order valence-corrected chi connectivity index (χ0v) is 13.4. The van der Waals surface area contributed by atoms with Crippen molar-refractivity contribution in [3.63, 3.8) is 0 Å². The van der Waals surface area contributed by atoms with Crippen LogP contribution in [0.15, 0.2) is 0 Å². The minimum atomic E-state index is 0.551. The average Bonchev–Trinajstić information content (AvgIpc) is 2.96. The molecule has 0 aromatic carbocycles. The maximum absolute atomic E-state index is 5.54. The molecule has 1 saturated carbocycles. The van der Waals surface area contributed by atoms with Gasteiger partial charge >= 0.3 is 0 Å². The number of nitrogens with one attached hydrogen (secondary N) is 1. The van der Waals surface area contributed by atoms with Gasteiger partial charge in [0.25, 0.3) is 0 Å². The van der Waals surface area contributed by atoms with Gasteiger partial charge in [-0.05, 0) is 24.3 Å². The second-order valence-corrected chi connectivity index (χ2v) is 7.95. The molecule has 9 heteroatoms. The summed E-state index contributed by atoms with van der Waals surface area (Å²) in [6, 6.07) is 0.643. The molecule has 0 bridgehead atoms. The van der Waals surface area contributed by atoms with Crippen LogP contribution in [0.1, 0.15) is 22.9 Å². The van der Waals surface area contributed by atoms with Crippen LogP contribution in [0.5, 0.6) is 0 Å². The molecular formula is C11H16N6S3. The molecule has 1 fully saturated rings. The van der Waals surface area contributed by atoms with Crippen LogP contribution < -0.4 is 11.1 Å². The van der Waals surface area contributed by atoms with E-state index in [1.807, 2.05) is 11.8 Å². The van der Waals surface area contributed by atoms with E-state index in [0.29, 0.717) is 11.2 Å². The minimum absolute atomic E-state index is 0.551. The number of thioether (sulfide) groups is 1. The summed E-state index contributed by atoms with van der Waals surface area (Å²) in [4.78, 5) is 0. The highest BCUT2D eigenvalue weighted by atomic mass is 32.2. The molecule has 20 heavy (non-hydrogen) atoms. The molecule has 1 aliphatic carbocycles. The van der Waals surface area contributed by atoms with E-state index in [4.69, 9.17) is 5.73 Å². The Morgan fingerprint density at radius 2 is 1.75 bits per heavy atom. The van der Waals surface area contributed by atoms with Crippen LogP contribution in [-0.4, -0.2) is 37.9 Å². The molecule has 2 aromatic heterocycles. The van der Waals surface area contributed by atoms with E-state index >= 15 is 0 Å². The third-order valence-electron chi connectivity index (χ3n) is 2.77. The molecule has 0 radical (unpaired) electrons. The summed E-state index contributed by atoms with van der Waals surface area (Å²) in [6.45, 7) is 0. The van der Waals surface area contributed by atoms with Gasteiger partial charge in [-0.3, -0.25) is 0 Å². The first-order valence-corrected chi connectivity index (χ1v) is 9.33. The fourth-order valence-corrected chi connectivity index (χ4v) is 4.17. The van der Waals surface area contributed by atoms with Gasteiger partial charge in [-0.1, -0.05) is 22.7 Å². The largest absolute Gasteiger partial charge is 0.374 e. The van der Waals surface area contributed by atoms with Crippen molar-refractivity contribution in [2.24, 2.45) is 0 Å². The summed E-state index contributed by atoms with van der Waals surface area (Å²) in [6.07, 6.45) is 4.44. The highest BCUT2D eigenvalue weighted by Crippen LogP contribution is 2.26. The molecule has 0 atom stereocenters. The number of aromatic nitrogens is 4. The lowest BCUT2D eigenvalue weighted by atomic mass is 10.5. The van der Waals surface area contributed by atoms with Crippen LogP contribution in [0.4, 0.5) is 10.3 Å². The van der Waals surface area contributed by atoms with E-state index in [9.17, 15) is 0 Å². The Kier molecular flexibility index (Phi) is 4.69. The number of nitrogens with two attached hydrogens (primary N) is 1. The summed E-state index contributed by atoms with van der Waals surface area (Å²) >= 11 is 5.05. The average molecular weight is 328 g/mol. The van der Waals surface area contributed by atoms with Crippen LogP contribution in [0.3, 0.4) is 0 Å². The van der Waals surface area contributed by atoms with E-state index < -0.39 is 0 Å². The fourth-order valence-electron chi connectivity index (χ4n) is 1.60. The molecule has 3 rings (SSSR count). The zero-order valence-electron chi connectivity index (χ0n) is 10.9. The maximum Gasteiger partial charge on any atom is 0.205 e. The van der Waals surface area contributed by atoms with Gasteiger partial charge in [0.1, 0.15) is 10.0 Å². The fraction of sp³-hybridized carbons (Fsp3) is 0.636. The van der Waals surface area contributed by atoms with Crippen molar-refractivity contribution in [1.82, 2.24) is 20.4 Å². The smallest absolute Gasteiger partial charge is 0.205 e. The number of nitrogens with zero attached hydrogens (tertiary/aromatic N) is 4. The zero-order chi connectivity index (χ0) is 13.8. The SMILES string of the molecule is Nc1nnc(CCSCCc2nnc(NC3CC3)s2)s1. The van der Waals surface area contributed by atoms with E-state index in [-0.39, 0.29) is 0 Å². The summed E-state index contributed by atoms with van der Waals surface area (Å²) in [5.74, 6) is 2.10. The number of hydrogen-bond acceptors (Lipinski definition) is 9. The number of hydrogen-bond donors (Lipinski definition) is 2. The number of rotatable bonds is 8. The molecule has 0 amide bonds. The highest BCUT2D eigenvalue weighted by molar-refractivity contribution is 7.99. The molecule has 0 saturated heterocycles. The lowest BCUT2D eigenvalue weighted by Gasteiger charge is -1.97. The second kappa shape index (κ2) is 6.68. The summed E-state index contributed by atoms with van der Waals surface area (Å²) in [5.41, 5.74) is 5.54. The van der Waals surface area contributed by atoms with Crippen molar-refractivity contribution in [1.29, 1.82) is 0 Å². The van der Waals surface area contributed by atoms with Crippen molar-refractivity contribution in [2.75, 3.05) is 22.6 Å². The van der Waals surface area contributed by atoms with Crippen molar-refractivity contribution in [3.05, 3.63) is 10.0 Å². The van der Waals surface area contributed by atoms with Crippen LogP contribution in [0, 0.1) is 0 Å². The molecule has 108 valence electrons. The Morgan fingerprint density at radius 1 is 1.05 bits per heavy atom. The molecule has 2 heterocycles. The van der Waals surface area contributed by atoms with Crippen molar-refractivity contribution >= 4 is 44.7 Å². The van der Waals surface area contributed by atoms with E-state index in [0.717, 1.165) is 39.5 Å². The summed E-state index contributed by atoms with van der Waals surface area (Å²) < 4.78 is 0. The first-order chi connectivity index (χ1) is 9.79. The van der Waals surface area contributed by atoms with Gasteiger partial charge in [-0.15, -0.1) is 20.4 Å². The van der Waals surface area contributed by atoms with E-state index in [2.05, 4.69) is 25.7 Å². The summed E-state index contributed by atoms with van der Waals surface area (Å²) in [5, 5.41) is 23.2. The first kappa shape index (κ1) is 14.0. The van der Waals surface area contributed by atoms with Crippen LogP contribution in [-0.2, 0) is 12.8 Å². The second-order valence-electron chi connectivity index (χ2n) is 4.57. The molecular weight excluding hydrogens is 312 g/mol. The van der Waals surface area contributed by atoms with Gasteiger partial charge in [-0.2, -0.15) is 11.8 Å². The summed E-state index contributed by atoms with van der Waals surface area (Å²) in [7, 11) is 0. The Bertz CT molecular complexity index is 550. The number of nitrogen functional groups attached to an aromatic ring is 1. The minimum Gasteiger partial charge on any atom is -0.374 e. The Balaban J connectivity index is 1.31. The highest BCUT2D eigenvalue weighted by Gasteiger charge is 2.22. The standard InChI is InChI=1S/C11H16N6S3/c12-10-16-14-8(19-10)3-5-18-6-4-9-15-17-11(20-9)13-7-1-2-7/h7H,1-6H2,(H2,12,16)(H,13,17). The topological polar surface area (TPSA) is 89.6 Å². The van der Waals surface area contributed by atoms with Crippen molar-refractivity contribution in [3.8, 4) is 0 Å². The van der Waals surface area contributed by atoms with Crippen LogP contribution in [0.25, 0.3) is 0 Å². The lowest BCUT2D eigenvalue weighted by Crippen LogP contribution is -1.99. The molecule has 0 aliphatic heterocycles. The quantitative estimate of drug-likeness (QED) is 0.717. The van der Waals surface area contributed by atoms with E-state index in [1.54, 1.807) is 11.3 Å². The third-order valence-corrected chi connectivity index (χ3v) is 5.49.